The molecule has 1 fully saturated rings. The van der Waals surface area contributed by atoms with Gasteiger partial charge in [-0.2, -0.15) is 0 Å². The Labute approximate surface area is 84.7 Å². The van der Waals surface area contributed by atoms with Crippen molar-refractivity contribution < 1.29 is 0 Å². The second-order valence-corrected chi connectivity index (χ2v) is 3.84. The Hall–Kier alpha value is -1.09. The van der Waals surface area contributed by atoms with Crippen molar-refractivity contribution in [3.63, 3.8) is 0 Å². The van der Waals surface area contributed by atoms with Gasteiger partial charge in [0.25, 0.3) is 0 Å². The zero-order valence-electron chi connectivity index (χ0n) is 8.37. The quantitative estimate of drug-likeness (QED) is 0.742. The van der Waals surface area contributed by atoms with Crippen molar-refractivity contribution in [2.24, 2.45) is 5.73 Å². The van der Waals surface area contributed by atoms with Crippen LogP contribution in [0, 0.1) is 0 Å². The molecule has 0 unspecified atom stereocenters. The van der Waals surface area contributed by atoms with Crippen molar-refractivity contribution in [3.05, 3.63) is 24.0 Å². The monoisotopic (exact) mass is 191 g/mol. The molecule has 3 heteroatoms. The average molecular weight is 191 g/mol. The van der Waals surface area contributed by atoms with Gasteiger partial charge in [-0.25, -0.2) is 0 Å². The Balaban J connectivity index is 2.02. The summed E-state index contributed by atoms with van der Waals surface area (Å²) in [6, 6.07) is 2.76. The molecule has 2 rings (SSSR count). The van der Waals surface area contributed by atoms with E-state index in [9.17, 15) is 0 Å². The summed E-state index contributed by atoms with van der Waals surface area (Å²) in [7, 11) is 0. The number of nitrogens with zero attached hydrogens (tertiary/aromatic N) is 1. The molecule has 0 spiro atoms. The number of nitrogens with two attached hydrogens (primary N) is 1. The van der Waals surface area contributed by atoms with Gasteiger partial charge in [0.2, 0.25) is 0 Å². The van der Waals surface area contributed by atoms with Crippen LogP contribution in [0.3, 0.4) is 0 Å². The second kappa shape index (κ2) is 4.42. The van der Waals surface area contributed by atoms with E-state index in [-0.39, 0.29) is 0 Å². The summed E-state index contributed by atoms with van der Waals surface area (Å²) in [6.45, 7) is 0.748. The van der Waals surface area contributed by atoms with Crippen LogP contribution in [0.5, 0.6) is 0 Å². The van der Waals surface area contributed by atoms with Crippen LogP contribution in [0.25, 0.3) is 0 Å². The zero-order valence-corrected chi connectivity index (χ0v) is 8.37. The number of hydrogen-bond donors (Lipinski definition) is 2. The van der Waals surface area contributed by atoms with Crippen molar-refractivity contribution in [3.8, 4) is 0 Å². The third kappa shape index (κ3) is 2.45. The van der Waals surface area contributed by atoms with Crippen LogP contribution < -0.4 is 11.1 Å². The van der Waals surface area contributed by atoms with Crippen molar-refractivity contribution in [2.75, 3.05) is 11.9 Å². The SMILES string of the molecule is NCCCc1cnccc1NC1CC1. The topological polar surface area (TPSA) is 50.9 Å². The summed E-state index contributed by atoms with van der Waals surface area (Å²) >= 11 is 0. The molecule has 1 aliphatic carbocycles. The van der Waals surface area contributed by atoms with Gasteiger partial charge in [-0.05, 0) is 43.9 Å². The number of nitrogens with one attached hydrogen (secondary N) is 1. The van der Waals surface area contributed by atoms with E-state index >= 15 is 0 Å². The summed E-state index contributed by atoms with van der Waals surface area (Å²) in [5.41, 5.74) is 8.04. The van der Waals surface area contributed by atoms with E-state index in [1.807, 2.05) is 12.4 Å². The highest BCUT2D eigenvalue weighted by Crippen LogP contribution is 2.26. The molecule has 3 N–H and O–H groups in total. The van der Waals surface area contributed by atoms with Crippen molar-refractivity contribution in [1.82, 2.24) is 4.98 Å². The molecule has 14 heavy (non-hydrogen) atoms. The van der Waals surface area contributed by atoms with Gasteiger partial charge in [0.1, 0.15) is 0 Å². The van der Waals surface area contributed by atoms with Crippen molar-refractivity contribution in [2.45, 2.75) is 31.7 Å². The number of anilines is 1. The highest BCUT2D eigenvalue weighted by molar-refractivity contribution is 5.51. The van der Waals surface area contributed by atoms with E-state index in [2.05, 4.69) is 16.4 Å². The fourth-order valence-electron chi connectivity index (χ4n) is 1.51. The maximum atomic E-state index is 5.50. The van der Waals surface area contributed by atoms with Gasteiger partial charge in [0, 0.05) is 24.1 Å². The van der Waals surface area contributed by atoms with E-state index in [0.717, 1.165) is 19.4 Å². The maximum absolute atomic E-state index is 5.50. The van der Waals surface area contributed by atoms with Crippen molar-refractivity contribution >= 4 is 5.69 Å². The van der Waals surface area contributed by atoms with Gasteiger partial charge in [0.15, 0.2) is 0 Å². The molecule has 1 saturated carbocycles. The molecular weight excluding hydrogens is 174 g/mol. The first-order valence-corrected chi connectivity index (χ1v) is 5.29. The van der Waals surface area contributed by atoms with E-state index < -0.39 is 0 Å². The number of hydrogen-bond acceptors (Lipinski definition) is 3. The van der Waals surface area contributed by atoms with Crippen LogP contribution in [0.1, 0.15) is 24.8 Å². The lowest BCUT2D eigenvalue weighted by Gasteiger charge is -2.09. The maximum Gasteiger partial charge on any atom is 0.0405 e. The molecule has 1 heterocycles. The molecule has 0 saturated heterocycles. The van der Waals surface area contributed by atoms with Gasteiger partial charge >= 0.3 is 0 Å². The predicted molar refractivity (Wildman–Crippen MR) is 58.3 cm³/mol. The van der Waals surface area contributed by atoms with Crippen LogP contribution in [-0.4, -0.2) is 17.6 Å². The molecule has 1 aromatic rings. The summed E-state index contributed by atoms with van der Waals surface area (Å²) in [5, 5.41) is 3.51. The van der Waals surface area contributed by atoms with Gasteiger partial charge in [0.05, 0.1) is 0 Å². The van der Waals surface area contributed by atoms with E-state index in [0.29, 0.717) is 6.04 Å². The standard InChI is InChI=1S/C11H17N3/c12-6-1-2-9-8-13-7-5-11(9)14-10-3-4-10/h5,7-8,10H,1-4,6,12H2,(H,13,14). The molecule has 76 valence electrons. The first-order valence-electron chi connectivity index (χ1n) is 5.29. The largest absolute Gasteiger partial charge is 0.382 e. The predicted octanol–water partition coefficient (Wildman–Crippen LogP) is 1.55. The molecule has 0 amide bonds. The molecule has 0 atom stereocenters. The first kappa shape index (κ1) is 9.46. The van der Waals surface area contributed by atoms with E-state index in [1.54, 1.807) is 0 Å². The summed E-state index contributed by atoms with van der Waals surface area (Å²) in [6.07, 6.45) is 8.46. The van der Waals surface area contributed by atoms with Crippen LogP contribution >= 0.6 is 0 Å². The average Bonchev–Trinajstić information content (AvgIpc) is 3.01. The van der Waals surface area contributed by atoms with Crippen molar-refractivity contribution in [1.29, 1.82) is 0 Å². The smallest absolute Gasteiger partial charge is 0.0405 e. The zero-order chi connectivity index (χ0) is 9.80. The number of aromatic nitrogens is 1. The van der Waals surface area contributed by atoms with E-state index in [1.165, 1.54) is 24.1 Å². The number of pyridine rings is 1. The Morgan fingerprint density at radius 3 is 3.07 bits per heavy atom. The molecule has 0 aliphatic heterocycles. The number of aryl methyl sites for hydroxylation is 1. The Bertz CT molecular complexity index is 294. The molecule has 1 aromatic heterocycles. The second-order valence-electron chi connectivity index (χ2n) is 3.84. The lowest BCUT2D eigenvalue weighted by Crippen LogP contribution is -2.06. The van der Waals surface area contributed by atoms with E-state index in [4.69, 9.17) is 5.73 Å². The summed E-state index contributed by atoms with van der Waals surface area (Å²) < 4.78 is 0. The van der Waals surface area contributed by atoms with Crippen LogP contribution in [0.15, 0.2) is 18.5 Å². The highest BCUT2D eigenvalue weighted by atomic mass is 15.0. The Morgan fingerprint density at radius 2 is 2.36 bits per heavy atom. The number of rotatable bonds is 5. The molecule has 0 bridgehead atoms. The fourth-order valence-corrected chi connectivity index (χ4v) is 1.51. The Morgan fingerprint density at radius 1 is 1.50 bits per heavy atom. The molecule has 3 nitrogen and oxygen atoms in total. The first-order chi connectivity index (χ1) is 6.90. The summed E-state index contributed by atoms with van der Waals surface area (Å²) in [4.78, 5) is 4.15. The minimum Gasteiger partial charge on any atom is -0.382 e. The lowest BCUT2D eigenvalue weighted by molar-refractivity contribution is 0.828. The highest BCUT2D eigenvalue weighted by Gasteiger charge is 2.21. The lowest BCUT2D eigenvalue weighted by atomic mass is 10.1. The molecule has 0 aromatic carbocycles. The van der Waals surface area contributed by atoms with Crippen LogP contribution in [0.2, 0.25) is 0 Å². The Kier molecular flexibility index (Phi) is 2.99. The summed E-state index contributed by atoms with van der Waals surface area (Å²) in [5.74, 6) is 0. The third-order valence-electron chi connectivity index (χ3n) is 2.49. The molecular formula is C11H17N3. The molecule has 0 radical (unpaired) electrons. The molecule has 1 aliphatic rings. The minimum atomic E-state index is 0.703. The fraction of sp³-hybridized carbons (Fsp3) is 0.545. The van der Waals surface area contributed by atoms with Crippen LogP contribution in [0.4, 0.5) is 5.69 Å². The van der Waals surface area contributed by atoms with Gasteiger partial charge < -0.3 is 11.1 Å². The van der Waals surface area contributed by atoms with Gasteiger partial charge in [-0.3, -0.25) is 4.98 Å². The van der Waals surface area contributed by atoms with Crippen LogP contribution in [-0.2, 0) is 6.42 Å². The van der Waals surface area contributed by atoms with Gasteiger partial charge in [-0.15, -0.1) is 0 Å². The third-order valence-corrected chi connectivity index (χ3v) is 2.49. The van der Waals surface area contributed by atoms with Gasteiger partial charge in [-0.1, -0.05) is 0 Å². The normalized spacial score (nSPS) is 15.5. The minimum absolute atomic E-state index is 0.703.